The first kappa shape index (κ1) is 7.72. The van der Waals surface area contributed by atoms with Crippen molar-refractivity contribution in [2.24, 2.45) is 10.2 Å². The van der Waals surface area contributed by atoms with Crippen molar-refractivity contribution < 1.29 is 0 Å². The van der Waals surface area contributed by atoms with Crippen molar-refractivity contribution in [1.82, 2.24) is 0 Å². The van der Waals surface area contributed by atoms with Gasteiger partial charge in [-0.05, 0) is 18.6 Å². The number of azo groups is 1. The molecule has 0 aliphatic heterocycles. The molecule has 0 atom stereocenters. The van der Waals surface area contributed by atoms with E-state index in [1.54, 1.807) is 7.05 Å². The Morgan fingerprint density at radius 2 is 2.09 bits per heavy atom. The molecule has 3 heteroatoms. The molecular formula is C8H11N3. The SMILES string of the molecule is CN=Nc1c(C)cccc1N. The van der Waals surface area contributed by atoms with Gasteiger partial charge >= 0.3 is 0 Å². The highest BCUT2D eigenvalue weighted by Crippen LogP contribution is 2.25. The highest BCUT2D eigenvalue weighted by molar-refractivity contribution is 5.65. The molecule has 1 aromatic rings. The van der Waals surface area contributed by atoms with Crippen LogP contribution in [0.25, 0.3) is 0 Å². The van der Waals surface area contributed by atoms with Gasteiger partial charge < -0.3 is 5.73 Å². The molecule has 0 aliphatic carbocycles. The third kappa shape index (κ3) is 1.55. The van der Waals surface area contributed by atoms with Crippen molar-refractivity contribution in [1.29, 1.82) is 0 Å². The van der Waals surface area contributed by atoms with Gasteiger partial charge in [-0.3, -0.25) is 0 Å². The number of hydrogen-bond donors (Lipinski definition) is 1. The molecule has 0 bridgehead atoms. The molecule has 2 N–H and O–H groups in total. The second kappa shape index (κ2) is 3.14. The third-order valence-electron chi connectivity index (χ3n) is 1.47. The van der Waals surface area contributed by atoms with Gasteiger partial charge in [0.2, 0.25) is 0 Å². The minimum absolute atomic E-state index is 0.676. The van der Waals surface area contributed by atoms with Gasteiger partial charge in [0, 0.05) is 7.05 Å². The molecule has 1 aromatic carbocycles. The Morgan fingerprint density at radius 3 is 2.64 bits per heavy atom. The lowest BCUT2D eigenvalue weighted by molar-refractivity contribution is 1.16. The summed E-state index contributed by atoms with van der Waals surface area (Å²) < 4.78 is 0. The zero-order valence-corrected chi connectivity index (χ0v) is 6.70. The van der Waals surface area contributed by atoms with Crippen molar-refractivity contribution in [3.8, 4) is 0 Å². The Balaban J connectivity index is 3.20. The van der Waals surface area contributed by atoms with Crippen LogP contribution in [0.3, 0.4) is 0 Å². The van der Waals surface area contributed by atoms with Crippen LogP contribution in [0.4, 0.5) is 11.4 Å². The van der Waals surface area contributed by atoms with Crippen LogP contribution in [0.2, 0.25) is 0 Å². The molecule has 0 spiro atoms. The average Bonchev–Trinajstić information content (AvgIpc) is 1.97. The number of anilines is 1. The molecule has 58 valence electrons. The van der Waals surface area contributed by atoms with E-state index < -0.39 is 0 Å². The summed E-state index contributed by atoms with van der Waals surface area (Å²) in [5, 5.41) is 7.58. The fraction of sp³-hybridized carbons (Fsp3) is 0.250. The number of nitrogens with zero attached hydrogens (tertiary/aromatic N) is 2. The zero-order chi connectivity index (χ0) is 8.27. The predicted octanol–water partition coefficient (Wildman–Crippen LogP) is 2.29. The summed E-state index contributed by atoms with van der Waals surface area (Å²) in [4.78, 5) is 0. The smallest absolute Gasteiger partial charge is 0.111 e. The lowest BCUT2D eigenvalue weighted by atomic mass is 10.2. The summed E-state index contributed by atoms with van der Waals surface area (Å²) in [5.41, 5.74) is 8.15. The summed E-state index contributed by atoms with van der Waals surface area (Å²) >= 11 is 0. The molecule has 3 nitrogen and oxygen atoms in total. The molecule has 0 unspecified atom stereocenters. The molecule has 0 amide bonds. The molecular weight excluding hydrogens is 138 g/mol. The topological polar surface area (TPSA) is 50.7 Å². The van der Waals surface area contributed by atoms with Gasteiger partial charge in [0.05, 0.1) is 5.69 Å². The van der Waals surface area contributed by atoms with Gasteiger partial charge in [-0.15, -0.1) is 0 Å². The van der Waals surface area contributed by atoms with Gasteiger partial charge in [-0.25, -0.2) is 0 Å². The zero-order valence-electron chi connectivity index (χ0n) is 6.70. The third-order valence-corrected chi connectivity index (χ3v) is 1.47. The van der Waals surface area contributed by atoms with E-state index >= 15 is 0 Å². The Morgan fingerprint density at radius 1 is 1.36 bits per heavy atom. The van der Waals surface area contributed by atoms with Crippen LogP contribution in [0.5, 0.6) is 0 Å². The molecule has 1 rings (SSSR count). The van der Waals surface area contributed by atoms with Gasteiger partial charge in [0.1, 0.15) is 5.69 Å². The van der Waals surface area contributed by atoms with Crippen LogP contribution in [0.1, 0.15) is 5.56 Å². The predicted molar refractivity (Wildman–Crippen MR) is 46.0 cm³/mol. The monoisotopic (exact) mass is 149 g/mol. The van der Waals surface area contributed by atoms with E-state index in [2.05, 4.69) is 10.2 Å². The number of nitrogens with two attached hydrogens (primary N) is 1. The second-order valence-electron chi connectivity index (χ2n) is 2.31. The first-order chi connectivity index (χ1) is 5.25. The number of nitrogen functional groups attached to an aromatic ring is 1. The maximum absolute atomic E-state index is 5.65. The van der Waals surface area contributed by atoms with Crippen molar-refractivity contribution in [2.75, 3.05) is 12.8 Å². The summed E-state index contributed by atoms with van der Waals surface area (Å²) in [7, 11) is 1.63. The van der Waals surface area contributed by atoms with Gasteiger partial charge in [0.15, 0.2) is 0 Å². The lowest BCUT2D eigenvalue weighted by Crippen LogP contribution is -1.86. The van der Waals surface area contributed by atoms with E-state index in [4.69, 9.17) is 5.73 Å². The molecule has 0 saturated heterocycles. The van der Waals surface area contributed by atoms with E-state index in [-0.39, 0.29) is 0 Å². The molecule has 0 heterocycles. The van der Waals surface area contributed by atoms with E-state index in [0.717, 1.165) is 11.3 Å². The second-order valence-corrected chi connectivity index (χ2v) is 2.31. The molecule has 0 fully saturated rings. The highest BCUT2D eigenvalue weighted by atomic mass is 15.1. The fourth-order valence-corrected chi connectivity index (χ4v) is 0.918. The first-order valence-corrected chi connectivity index (χ1v) is 3.40. The molecule has 0 aromatic heterocycles. The summed E-state index contributed by atoms with van der Waals surface area (Å²) in [5.74, 6) is 0. The maximum Gasteiger partial charge on any atom is 0.111 e. The summed E-state index contributed by atoms with van der Waals surface area (Å²) in [6.45, 7) is 1.96. The van der Waals surface area contributed by atoms with Crippen molar-refractivity contribution >= 4 is 11.4 Å². The summed E-state index contributed by atoms with van der Waals surface area (Å²) in [6, 6.07) is 5.68. The molecule has 0 saturated carbocycles. The highest BCUT2D eigenvalue weighted by Gasteiger charge is 1.98. The van der Waals surface area contributed by atoms with E-state index in [9.17, 15) is 0 Å². The Labute approximate surface area is 65.9 Å². The van der Waals surface area contributed by atoms with E-state index in [0.29, 0.717) is 5.69 Å². The number of rotatable bonds is 1. The van der Waals surface area contributed by atoms with Gasteiger partial charge in [-0.2, -0.15) is 10.2 Å². The quantitative estimate of drug-likeness (QED) is 0.483. The number of hydrogen-bond acceptors (Lipinski definition) is 3. The summed E-state index contributed by atoms with van der Waals surface area (Å²) in [6.07, 6.45) is 0. The minimum atomic E-state index is 0.676. The largest absolute Gasteiger partial charge is 0.397 e. The normalized spacial score (nSPS) is 10.7. The van der Waals surface area contributed by atoms with Crippen LogP contribution in [-0.4, -0.2) is 7.05 Å². The number of aryl methyl sites for hydroxylation is 1. The molecule has 11 heavy (non-hydrogen) atoms. The van der Waals surface area contributed by atoms with E-state index in [1.807, 2.05) is 25.1 Å². The van der Waals surface area contributed by atoms with Crippen LogP contribution < -0.4 is 5.73 Å². The first-order valence-electron chi connectivity index (χ1n) is 3.40. The number of benzene rings is 1. The van der Waals surface area contributed by atoms with Crippen molar-refractivity contribution in [3.05, 3.63) is 23.8 Å². The van der Waals surface area contributed by atoms with Crippen LogP contribution in [-0.2, 0) is 0 Å². The van der Waals surface area contributed by atoms with Crippen LogP contribution >= 0.6 is 0 Å². The molecule has 0 radical (unpaired) electrons. The Bertz CT molecular complexity index is 258. The van der Waals surface area contributed by atoms with Gasteiger partial charge in [-0.1, -0.05) is 12.1 Å². The minimum Gasteiger partial charge on any atom is -0.397 e. The molecule has 0 aliphatic rings. The van der Waals surface area contributed by atoms with Gasteiger partial charge in [0.25, 0.3) is 0 Å². The van der Waals surface area contributed by atoms with Crippen molar-refractivity contribution in [2.45, 2.75) is 6.92 Å². The Hall–Kier alpha value is -1.38. The standard InChI is InChI=1S/C8H11N3/c1-6-4-3-5-7(9)8(6)11-10-2/h3-5H,9H2,1-2H3. The maximum atomic E-state index is 5.65. The van der Waals surface area contributed by atoms with Crippen LogP contribution in [0, 0.1) is 6.92 Å². The fourth-order valence-electron chi connectivity index (χ4n) is 0.918. The average molecular weight is 149 g/mol. The van der Waals surface area contributed by atoms with Crippen LogP contribution in [0.15, 0.2) is 28.4 Å². The van der Waals surface area contributed by atoms with Crippen molar-refractivity contribution in [3.63, 3.8) is 0 Å². The van der Waals surface area contributed by atoms with E-state index in [1.165, 1.54) is 0 Å². The lowest BCUT2D eigenvalue weighted by Gasteiger charge is -2.00. The Kier molecular flexibility index (Phi) is 2.21.